The molecule has 0 heterocycles. The third-order valence-electron chi connectivity index (χ3n) is 3.68. The van der Waals surface area contributed by atoms with Crippen molar-refractivity contribution in [2.75, 3.05) is 13.7 Å². The van der Waals surface area contributed by atoms with E-state index >= 15 is 0 Å². The van der Waals surface area contributed by atoms with Crippen LogP contribution in [0.15, 0.2) is 48.5 Å². The van der Waals surface area contributed by atoms with E-state index in [2.05, 4.69) is 0 Å². The molecule has 0 saturated carbocycles. The Labute approximate surface area is 163 Å². The summed E-state index contributed by atoms with van der Waals surface area (Å²) in [5.41, 5.74) is 1.33. The van der Waals surface area contributed by atoms with Crippen LogP contribution in [0.4, 0.5) is 0 Å². The number of Topliss-reactive ketones (excluding diaryl/α,β-unsaturated/α-hetero) is 1. The average molecular weight is 389 g/mol. The van der Waals surface area contributed by atoms with Gasteiger partial charge >= 0.3 is 5.97 Å². The minimum absolute atomic E-state index is 0.334. The predicted molar refractivity (Wildman–Crippen MR) is 105 cm³/mol. The zero-order valence-electron chi connectivity index (χ0n) is 15.4. The standard InChI is InChI=1S/C21H21ClO5/c1-4-6-15-9-10-18(19(11-15)25-3)26-13-20(23)27-14(2)21(24)16-7-5-8-17(22)12-16/h4-12,14H,13H2,1-3H3/b6-4+. The minimum atomic E-state index is -0.946. The molecule has 2 rings (SSSR count). The van der Waals surface area contributed by atoms with Crippen LogP contribution in [0.5, 0.6) is 11.5 Å². The molecule has 0 N–H and O–H groups in total. The van der Waals surface area contributed by atoms with E-state index in [0.29, 0.717) is 22.1 Å². The van der Waals surface area contributed by atoms with Gasteiger partial charge in [-0.2, -0.15) is 0 Å². The predicted octanol–water partition coefficient (Wildman–Crippen LogP) is 4.58. The summed E-state index contributed by atoms with van der Waals surface area (Å²) < 4.78 is 15.9. The molecule has 0 aliphatic carbocycles. The number of hydrogen-bond donors (Lipinski definition) is 0. The lowest BCUT2D eigenvalue weighted by Gasteiger charge is -2.14. The number of rotatable bonds is 8. The van der Waals surface area contributed by atoms with Gasteiger partial charge in [0.1, 0.15) is 0 Å². The lowest BCUT2D eigenvalue weighted by Crippen LogP contribution is -2.27. The second kappa shape index (κ2) is 9.78. The second-order valence-electron chi connectivity index (χ2n) is 5.71. The molecule has 0 aliphatic rings. The molecule has 0 spiro atoms. The van der Waals surface area contributed by atoms with Crippen LogP contribution in [0.25, 0.3) is 6.08 Å². The summed E-state index contributed by atoms with van der Waals surface area (Å²) >= 11 is 5.88. The SMILES string of the molecule is C/C=C/c1ccc(OCC(=O)OC(C)C(=O)c2cccc(Cl)c2)c(OC)c1. The van der Waals surface area contributed by atoms with Crippen molar-refractivity contribution in [3.8, 4) is 11.5 Å². The zero-order chi connectivity index (χ0) is 19.8. The van der Waals surface area contributed by atoms with Gasteiger partial charge in [-0.1, -0.05) is 42.0 Å². The summed E-state index contributed by atoms with van der Waals surface area (Å²) in [7, 11) is 1.52. The van der Waals surface area contributed by atoms with Gasteiger partial charge in [0.25, 0.3) is 0 Å². The molecule has 1 unspecified atom stereocenters. The first-order chi connectivity index (χ1) is 12.9. The lowest BCUT2D eigenvalue weighted by atomic mass is 10.1. The average Bonchev–Trinajstić information content (AvgIpc) is 2.66. The Balaban J connectivity index is 1.95. The molecule has 1 atom stereocenters. The Kier molecular flexibility index (Phi) is 7.44. The number of carbonyl (C=O) groups is 2. The van der Waals surface area contributed by atoms with E-state index in [-0.39, 0.29) is 12.4 Å². The number of ether oxygens (including phenoxy) is 3. The fourth-order valence-corrected chi connectivity index (χ4v) is 2.59. The van der Waals surface area contributed by atoms with E-state index in [4.69, 9.17) is 25.8 Å². The smallest absolute Gasteiger partial charge is 0.344 e. The molecule has 0 saturated heterocycles. The maximum atomic E-state index is 12.3. The molecule has 0 bridgehead atoms. The summed E-state index contributed by atoms with van der Waals surface area (Å²) in [6.07, 6.45) is 2.88. The molecule has 0 aliphatic heterocycles. The normalized spacial score (nSPS) is 11.9. The van der Waals surface area contributed by atoms with E-state index in [1.54, 1.807) is 30.3 Å². The maximum absolute atomic E-state index is 12.3. The van der Waals surface area contributed by atoms with Crippen molar-refractivity contribution in [3.05, 3.63) is 64.7 Å². The van der Waals surface area contributed by atoms with E-state index in [1.807, 2.05) is 25.1 Å². The first kappa shape index (κ1) is 20.5. The lowest BCUT2D eigenvalue weighted by molar-refractivity contribution is -0.148. The van der Waals surface area contributed by atoms with Crippen LogP contribution >= 0.6 is 11.6 Å². The van der Waals surface area contributed by atoms with Gasteiger partial charge in [-0.3, -0.25) is 4.79 Å². The molecule has 0 fully saturated rings. The van der Waals surface area contributed by atoms with Crippen LogP contribution in [0.3, 0.4) is 0 Å². The Morgan fingerprint density at radius 3 is 2.59 bits per heavy atom. The van der Waals surface area contributed by atoms with Crippen molar-refractivity contribution in [1.29, 1.82) is 0 Å². The fourth-order valence-electron chi connectivity index (χ4n) is 2.40. The molecule has 2 aromatic rings. The van der Waals surface area contributed by atoms with Crippen LogP contribution in [0.2, 0.25) is 5.02 Å². The van der Waals surface area contributed by atoms with Crippen molar-refractivity contribution in [2.45, 2.75) is 20.0 Å². The molecule has 27 heavy (non-hydrogen) atoms. The molecular formula is C21H21ClO5. The quantitative estimate of drug-likeness (QED) is 0.489. The highest BCUT2D eigenvalue weighted by Gasteiger charge is 2.20. The van der Waals surface area contributed by atoms with Gasteiger partial charge in [0.15, 0.2) is 24.2 Å². The Morgan fingerprint density at radius 1 is 1.15 bits per heavy atom. The zero-order valence-corrected chi connectivity index (χ0v) is 16.2. The molecule has 0 aromatic heterocycles. The van der Waals surface area contributed by atoms with Gasteiger partial charge < -0.3 is 14.2 Å². The monoisotopic (exact) mass is 388 g/mol. The fraction of sp³-hybridized carbons (Fsp3) is 0.238. The second-order valence-corrected chi connectivity index (χ2v) is 6.14. The maximum Gasteiger partial charge on any atom is 0.344 e. The van der Waals surface area contributed by atoms with Crippen LogP contribution in [-0.4, -0.2) is 31.6 Å². The number of carbonyl (C=O) groups excluding carboxylic acids is 2. The van der Waals surface area contributed by atoms with Gasteiger partial charge in [-0.05, 0) is 43.7 Å². The number of hydrogen-bond acceptors (Lipinski definition) is 5. The summed E-state index contributed by atoms with van der Waals surface area (Å²) in [5.74, 6) is -0.0745. The van der Waals surface area contributed by atoms with Gasteiger partial charge in [0, 0.05) is 10.6 Å². The van der Waals surface area contributed by atoms with Crippen molar-refractivity contribution < 1.29 is 23.8 Å². The van der Waals surface area contributed by atoms with Gasteiger partial charge in [-0.15, -0.1) is 0 Å². The number of allylic oxidation sites excluding steroid dienone is 1. The van der Waals surface area contributed by atoms with Crippen LogP contribution < -0.4 is 9.47 Å². The molecule has 0 amide bonds. The van der Waals surface area contributed by atoms with E-state index in [1.165, 1.54) is 20.1 Å². The summed E-state index contributed by atoms with van der Waals surface area (Å²) in [6, 6.07) is 11.8. The van der Waals surface area contributed by atoms with Crippen LogP contribution in [-0.2, 0) is 9.53 Å². The van der Waals surface area contributed by atoms with Crippen molar-refractivity contribution in [2.24, 2.45) is 0 Å². The summed E-state index contributed by atoms with van der Waals surface area (Å²) in [6.45, 7) is 3.08. The number of benzene rings is 2. The van der Waals surface area contributed by atoms with Crippen molar-refractivity contribution >= 4 is 29.4 Å². The summed E-state index contributed by atoms with van der Waals surface area (Å²) in [5, 5.41) is 0.441. The Morgan fingerprint density at radius 2 is 1.93 bits per heavy atom. The number of halogens is 1. The number of esters is 1. The molecule has 5 nitrogen and oxygen atoms in total. The number of methoxy groups -OCH3 is 1. The highest BCUT2D eigenvalue weighted by molar-refractivity contribution is 6.31. The largest absolute Gasteiger partial charge is 0.493 e. The van der Waals surface area contributed by atoms with Gasteiger partial charge in [-0.25, -0.2) is 4.79 Å². The summed E-state index contributed by atoms with van der Waals surface area (Å²) in [4.78, 5) is 24.3. The molecule has 0 radical (unpaired) electrons. The van der Waals surface area contributed by atoms with E-state index in [9.17, 15) is 9.59 Å². The minimum Gasteiger partial charge on any atom is -0.493 e. The van der Waals surface area contributed by atoms with Crippen molar-refractivity contribution in [1.82, 2.24) is 0 Å². The third kappa shape index (κ3) is 5.86. The first-order valence-electron chi connectivity index (χ1n) is 8.37. The van der Waals surface area contributed by atoms with E-state index < -0.39 is 12.1 Å². The van der Waals surface area contributed by atoms with Crippen LogP contribution in [0, 0.1) is 0 Å². The highest BCUT2D eigenvalue weighted by atomic mass is 35.5. The topological polar surface area (TPSA) is 61.8 Å². The van der Waals surface area contributed by atoms with Crippen molar-refractivity contribution in [3.63, 3.8) is 0 Å². The Hall–Kier alpha value is -2.79. The molecular weight excluding hydrogens is 368 g/mol. The Bertz CT molecular complexity index is 844. The van der Waals surface area contributed by atoms with Crippen LogP contribution in [0.1, 0.15) is 29.8 Å². The van der Waals surface area contributed by atoms with Gasteiger partial charge in [0.05, 0.1) is 7.11 Å². The highest BCUT2D eigenvalue weighted by Crippen LogP contribution is 2.28. The molecule has 2 aromatic carbocycles. The first-order valence-corrected chi connectivity index (χ1v) is 8.75. The third-order valence-corrected chi connectivity index (χ3v) is 3.91. The van der Waals surface area contributed by atoms with E-state index in [0.717, 1.165) is 5.56 Å². The molecule has 142 valence electrons. The number of ketones is 1. The molecule has 6 heteroatoms. The van der Waals surface area contributed by atoms with Gasteiger partial charge in [0.2, 0.25) is 5.78 Å².